The van der Waals surface area contributed by atoms with Gasteiger partial charge in [-0.2, -0.15) is 13.2 Å². The molecular formula is C25H27F3N2O4S. The van der Waals surface area contributed by atoms with Crippen LogP contribution in [0.25, 0.3) is 10.9 Å². The number of hydrogen-bond donors (Lipinski definition) is 0. The summed E-state index contributed by atoms with van der Waals surface area (Å²) in [5.74, 6) is 0. The second-order valence-corrected chi connectivity index (χ2v) is 11.5. The van der Waals surface area contributed by atoms with E-state index in [0.717, 1.165) is 21.7 Å². The lowest BCUT2D eigenvalue weighted by molar-refractivity contribution is -0.137. The van der Waals surface area contributed by atoms with Crippen molar-refractivity contribution in [3.63, 3.8) is 0 Å². The van der Waals surface area contributed by atoms with Crippen molar-refractivity contribution in [3.8, 4) is 0 Å². The van der Waals surface area contributed by atoms with Crippen LogP contribution in [-0.4, -0.2) is 42.1 Å². The monoisotopic (exact) mass is 508 g/mol. The summed E-state index contributed by atoms with van der Waals surface area (Å²) in [6.07, 6.45) is -3.91. The predicted molar refractivity (Wildman–Crippen MR) is 126 cm³/mol. The van der Waals surface area contributed by atoms with Gasteiger partial charge in [-0.25, -0.2) is 17.2 Å². The van der Waals surface area contributed by atoms with Crippen molar-refractivity contribution >= 4 is 27.0 Å². The van der Waals surface area contributed by atoms with E-state index in [0.29, 0.717) is 41.9 Å². The van der Waals surface area contributed by atoms with Crippen molar-refractivity contribution in [3.05, 3.63) is 65.4 Å². The van der Waals surface area contributed by atoms with Crippen LogP contribution in [0.5, 0.6) is 0 Å². The van der Waals surface area contributed by atoms with Crippen molar-refractivity contribution in [2.45, 2.75) is 62.7 Å². The van der Waals surface area contributed by atoms with Crippen molar-refractivity contribution in [1.29, 1.82) is 0 Å². The number of halogens is 3. The molecule has 3 aromatic rings. The van der Waals surface area contributed by atoms with Crippen LogP contribution in [-0.2, 0) is 33.8 Å². The molecule has 0 bridgehead atoms. The molecule has 1 aliphatic rings. The van der Waals surface area contributed by atoms with Crippen LogP contribution in [0.1, 0.15) is 44.0 Å². The highest BCUT2D eigenvalue weighted by Crippen LogP contribution is 2.37. The molecule has 0 saturated heterocycles. The quantitative estimate of drug-likeness (QED) is 0.461. The molecular weight excluding hydrogens is 481 g/mol. The molecule has 2 aromatic carbocycles. The van der Waals surface area contributed by atoms with Gasteiger partial charge in [-0.05, 0) is 69.9 Å². The SMILES string of the molecule is CN(C(=O)OC(C)(C)C)C1CCc2c(c3ccccc3n2S(=O)(=O)c2cccc(C(F)(F)F)c2)C1. The van der Waals surface area contributed by atoms with E-state index in [9.17, 15) is 26.4 Å². The summed E-state index contributed by atoms with van der Waals surface area (Å²) < 4.78 is 73.7. The summed E-state index contributed by atoms with van der Waals surface area (Å²) in [5, 5.41) is 0.695. The first-order valence-electron chi connectivity index (χ1n) is 11.2. The summed E-state index contributed by atoms with van der Waals surface area (Å²) in [6.45, 7) is 5.35. The van der Waals surface area contributed by atoms with Crippen molar-refractivity contribution in [1.82, 2.24) is 8.87 Å². The van der Waals surface area contributed by atoms with Gasteiger partial charge in [0.1, 0.15) is 5.60 Å². The topological polar surface area (TPSA) is 68.6 Å². The molecule has 0 fully saturated rings. The number of rotatable bonds is 3. The first-order chi connectivity index (χ1) is 16.2. The molecule has 0 spiro atoms. The number of benzene rings is 2. The average Bonchev–Trinajstić information content (AvgIpc) is 3.11. The molecule has 188 valence electrons. The molecule has 1 aliphatic carbocycles. The summed E-state index contributed by atoms with van der Waals surface area (Å²) in [5.41, 5.74) is 0.0129. The molecule has 4 rings (SSSR count). The average molecular weight is 509 g/mol. The van der Waals surface area contributed by atoms with Crippen LogP contribution < -0.4 is 0 Å². The third kappa shape index (κ3) is 4.76. The highest BCUT2D eigenvalue weighted by molar-refractivity contribution is 7.90. The molecule has 0 radical (unpaired) electrons. The van der Waals surface area contributed by atoms with E-state index in [-0.39, 0.29) is 6.04 Å². The molecule has 0 saturated carbocycles. The molecule has 1 atom stereocenters. The Bertz CT molecular complexity index is 1390. The minimum atomic E-state index is -4.66. The van der Waals surface area contributed by atoms with E-state index in [1.807, 2.05) is 0 Å². The summed E-state index contributed by atoms with van der Waals surface area (Å²) >= 11 is 0. The molecule has 0 aliphatic heterocycles. The number of nitrogens with zero attached hydrogens (tertiary/aromatic N) is 2. The number of hydrogen-bond acceptors (Lipinski definition) is 4. The molecule has 0 N–H and O–H groups in total. The maximum Gasteiger partial charge on any atom is 0.416 e. The van der Waals surface area contributed by atoms with Gasteiger partial charge in [0.25, 0.3) is 10.0 Å². The van der Waals surface area contributed by atoms with E-state index in [4.69, 9.17) is 4.74 Å². The first-order valence-corrected chi connectivity index (χ1v) is 12.6. The van der Waals surface area contributed by atoms with E-state index < -0.39 is 38.4 Å². The largest absolute Gasteiger partial charge is 0.444 e. The standard InChI is InChI=1S/C25H27F3N2O4S/c1-24(2,3)34-23(31)29(4)17-12-13-22-20(15-17)19-10-5-6-11-21(19)30(22)35(32,33)18-9-7-8-16(14-18)25(26,27)28/h5-11,14,17H,12-13,15H2,1-4H3. The van der Waals surface area contributed by atoms with E-state index in [2.05, 4.69) is 0 Å². The van der Waals surface area contributed by atoms with Crippen molar-refractivity contribution in [2.75, 3.05) is 7.05 Å². The highest BCUT2D eigenvalue weighted by atomic mass is 32.2. The Labute approximate surface area is 202 Å². The van der Waals surface area contributed by atoms with Gasteiger partial charge in [-0.3, -0.25) is 0 Å². The summed E-state index contributed by atoms with van der Waals surface area (Å²) in [7, 11) is -2.66. The van der Waals surface area contributed by atoms with Gasteiger partial charge >= 0.3 is 12.3 Å². The van der Waals surface area contributed by atoms with Gasteiger partial charge in [0.15, 0.2) is 0 Å². The fraction of sp³-hybridized carbons (Fsp3) is 0.400. The van der Waals surface area contributed by atoms with Crippen molar-refractivity contribution in [2.24, 2.45) is 0 Å². The Balaban J connectivity index is 1.78. The molecule has 1 heterocycles. The number of carbonyl (C=O) groups is 1. The van der Waals surface area contributed by atoms with Gasteiger partial charge < -0.3 is 9.64 Å². The molecule has 1 unspecified atom stereocenters. The van der Waals surface area contributed by atoms with Crippen LogP contribution in [0.15, 0.2) is 53.4 Å². The maximum atomic E-state index is 13.7. The van der Waals surface area contributed by atoms with Gasteiger partial charge in [0, 0.05) is 24.2 Å². The minimum Gasteiger partial charge on any atom is -0.444 e. The Morgan fingerprint density at radius 1 is 1.09 bits per heavy atom. The molecule has 10 heteroatoms. The summed E-state index contributed by atoms with van der Waals surface area (Å²) in [6, 6.07) is 10.5. The van der Waals surface area contributed by atoms with Gasteiger partial charge in [0.2, 0.25) is 0 Å². The van der Waals surface area contributed by atoms with Gasteiger partial charge in [0.05, 0.1) is 16.0 Å². The number of para-hydroxylation sites is 1. The van der Waals surface area contributed by atoms with Gasteiger partial charge in [-0.1, -0.05) is 24.3 Å². The van der Waals surface area contributed by atoms with Crippen LogP contribution in [0, 0.1) is 0 Å². The Hall–Kier alpha value is -3.01. The zero-order valence-corrected chi connectivity index (χ0v) is 20.7. The molecule has 6 nitrogen and oxygen atoms in total. The second kappa shape index (κ2) is 8.58. The predicted octanol–water partition coefficient (Wildman–Crippen LogP) is 5.62. The van der Waals surface area contributed by atoms with E-state index in [1.54, 1.807) is 52.1 Å². The molecule has 1 aromatic heterocycles. The smallest absolute Gasteiger partial charge is 0.416 e. The van der Waals surface area contributed by atoms with Crippen molar-refractivity contribution < 1.29 is 31.1 Å². The molecule has 1 amide bonds. The number of aromatic nitrogens is 1. The molecule has 35 heavy (non-hydrogen) atoms. The minimum absolute atomic E-state index is 0.215. The third-order valence-electron chi connectivity index (χ3n) is 6.12. The lowest BCUT2D eigenvalue weighted by atomic mass is 9.91. The fourth-order valence-electron chi connectivity index (χ4n) is 4.48. The Morgan fingerprint density at radius 3 is 2.43 bits per heavy atom. The summed E-state index contributed by atoms with van der Waals surface area (Å²) in [4.78, 5) is 13.7. The second-order valence-electron chi connectivity index (χ2n) is 9.73. The normalized spacial score (nSPS) is 16.7. The van der Waals surface area contributed by atoms with E-state index in [1.165, 1.54) is 11.0 Å². The number of likely N-dealkylation sites (N-methyl/N-ethyl adjacent to an activating group) is 1. The van der Waals surface area contributed by atoms with Crippen LogP contribution in [0.4, 0.5) is 18.0 Å². The number of ether oxygens (including phenoxy) is 1. The van der Waals surface area contributed by atoms with E-state index >= 15 is 0 Å². The zero-order chi connectivity index (χ0) is 25.8. The highest BCUT2D eigenvalue weighted by Gasteiger charge is 2.36. The lowest BCUT2D eigenvalue weighted by Crippen LogP contribution is -2.43. The first kappa shape index (κ1) is 25.1. The number of carbonyl (C=O) groups excluding carboxylic acids is 1. The van der Waals surface area contributed by atoms with Gasteiger partial charge in [-0.15, -0.1) is 0 Å². The fourth-order valence-corrected chi connectivity index (χ4v) is 6.12. The Kier molecular flexibility index (Phi) is 6.15. The van der Waals surface area contributed by atoms with Crippen LogP contribution in [0.3, 0.4) is 0 Å². The third-order valence-corrected chi connectivity index (χ3v) is 7.87. The number of amides is 1. The van der Waals surface area contributed by atoms with Crippen LogP contribution in [0.2, 0.25) is 0 Å². The van der Waals surface area contributed by atoms with Crippen LogP contribution >= 0.6 is 0 Å². The Morgan fingerprint density at radius 2 is 1.77 bits per heavy atom. The lowest BCUT2D eigenvalue weighted by Gasteiger charge is -2.33. The maximum absolute atomic E-state index is 13.7. The zero-order valence-electron chi connectivity index (χ0n) is 19.9. The number of alkyl halides is 3. The number of fused-ring (bicyclic) bond motifs is 3.